The Balaban J connectivity index is 2.94. The third kappa shape index (κ3) is 1.61. The van der Waals surface area contributed by atoms with Crippen molar-refractivity contribution in [3.63, 3.8) is 0 Å². The van der Waals surface area contributed by atoms with E-state index in [1.54, 1.807) is 6.07 Å². The van der Waals surface area contributed by atoms with Crippen molar-refractivity contribution in [1.82, 2.24) is 0 Å². The van der Waals surface area contributed by atoms with Crippen LogP contribution in [0.2, 0.25) is 0 Å². The molecule has 0 N–H and O–H groups in total. The second-order valence-electron chi connectivity index (χ2n) is 1.55. The number of halogens is 1. The first-order chi connectivity index (χ1) is 4.33. The number of benzene rings is 1. The molecule has 0 aliphatic rings. The summed E-state index contributed by atoms with van der Waals surface area (Å²) in [6.45, 7) is 0. The molecule has 1 aromatic rings. The summed E-state index contributed by atoms with van der Waals surface area (Å²) in [6.07, 6.45) is 0. The second-order valence-corrected chi connectivity index (χ2v) is 2.18. The third-order valence-corrected chi connectivity index (χ3v) is 1.33. The fourth-order valence-electron chi connectivity index (χ4n) is 0.522. The Morgan fingerprint density at radius 1 is 1.44 bits per heavy atom. The zero-order valence-electron chi connectivity index (χ0n) is 4.50. The molecule has 1 rings (SSSR count). The van der Waals surface area contributed by atoms with Crippen molar-refractivity contribution in [3.05, 3.63) is 24.3 Å². The minimum Gasteiger partial charge on any atom is -0.290 e. The summed E-state index contributed by atoms with van der Waals surface area (Å²) in [7, 11) is 0. The lowest BCUT2D eigenvalue weighted by Gasteiger charge is -1.88. The predicted molar refractivity (Wildman–Crippen MR) is 33.5 cm³/mol. The molecule has 47 valence electrons. The van der Waals surface area contributed by atoms with Gasteiger partial charge in [0.05, 0.1) is 12.1 Å². The first-order valence-electron chi connectivity index (χ1n) is 2.38. The fourth-order valence-corrected chi connectivity index (χ4v) is 0.813. The highest BCUT2D eigenvalue weighted by atomic mass is 32.2. The summed E-state index contributed by atoms with van der Waals surface area (Å²) in [5, 5.41) is 10.5. The quantitative estimate of drug-likeness (QED) is 0.591. The summed E-state index contributed by atoms with van der Waals surface area (Å²) >= 11 is 0.0830. The van der Waals surface area contributed by atoms with Gasteiger partial charge in [0, 0.05) is 11.0 Å². The van der Waals surface area contributed by atoms with E-state index in [1.165, 1.54) is 18.2 Å². The van der Waals surface area contributed by atoms with Gasteiger partial charge in [0.25, 0.3) is 0 Å². The van der Waals surface area contributed by atoms with Gasteiger partial charge in [-0.3, -0.25) is 5.11 Å². The van der Waals surface area contributed by atoms with Crippen molar-refractivity contribution >= 4 is 12.1 Å². The maximum absolute atomic E-state index is 11.7. The minimum absolute atomic E-state index is 0.0830. The van der Waals surface area contributed by atoms with E-state index in [4.69, 9.17) is 0 Å². The molecule has 0 saturated carbocycles. The summed E-state index contributed by atoms with van der Waals surface area (Å²) in [4.78, 5) is 0.363. The van der Waals surface area contributed by atoms with E-state index in [1.807, 2.05) is 0 Å². The molecule has 0 aromatic heterocycles. The SMILES string of the molecule is [O]c1cccc(SF)c1. The Labute approximate surface area is 56.8 Å². The summed E-state index contributed by atoms with van der Waals surface area (Å²) in [5.41, 5.74) is 0. The van der Waals surface area contributed by atoms with E-state index in [2.05, 4.69) is 0 Å². The highest BCUT2D eigenvalue weighted by Crippen LogP contribution is 2.22. The molecule has 9 heavy (non-hydrogen) atoms. The smallest absolute Gasteiger partial charge is 0.179 e. The zero-order valence-corrected chi connectivity index (χ0v) is 5.32. The summed E-state index contributed by atoms with van der Waals surface area (Å²) < 4.78 is 11.7. The molecule has 0 spiro atoms. The van der Waals surface area contributed by atoms with Gasteiger partial charge in [-0.15, -0.1) is 0 Å². The molecule has 0 saturated heterocycles. The molecule has 3 heteroatoms. The van der Waals surface area contributed by atoms with Gasteiger partial charge in [-0.1, -0.05) is 6.07 Å². The van der Waals surface area contributed by atoms with E-state index in [0.717, 1.165) is 0 Å². The van der Waals surface area contributed by atoms with Crippen LogP contribution in [0.25, 0.3) is 0 Å². The fraction of sp³-hybridized carbons (Fsp3) is 0. The molecular weight excluding hydrogens is 139 g/mol. The van der Waals surface area contributed by atoms with Crippen LogP contribution < -0.4 is 0 Å². The molecule has 0 fully saturated rings. The highest BCUT2D eigenvalue weighted by molar-refractivity contribution is 7.94. The van der Waals surface area contributed by atoms with Gasteiger partial charge in [0.2, 0.25) is 0 Å². The van der Waals surface area contributed by atoms with Crippen LogP contribution >= 0.6 is 12.1 Å². The molecule has 0 aliphatic carbocycles. The summed E-state index contributed by atoms with van der Waals surface area (Å²) in [6, 6.07) is 5.72. The average Bonchev–Trinajstić information content (AvgIpc) is 1.88. The molecule has 1 nitrogen and oxygen atoms in total. The Bertz CT molecular complexity index is 202. The van der Waals surface area contributed by atoms with Gasteiger partial charge in [0.1, 0.15) is 0 Å². The van der Waals surface area contributed by atoms with Gasteiger partial charge in [-0.2, -0.15) is 3.89 Å². The maximum atomic E-state index is 11.7. The van der Waals surface area contributed by atoms with E-state index < -0.39 is 0 Å². The van der Waals surface area contributed by atoms with Crippen molar-refractivity contribution in [3.8, 4) is 5.75 Å². The lowest BCUT2D eigenvalue weighted by molar-refractivity contribution is 0.354. The standard InChI is InChI=1S/C6H4FOS/c7-9-6-3-1-2-5(8)4-6/h1-4H. The van der Waals surface area contributed by atoms with Gasteiger partial charge in [0.15, 0.2) is 5.75 Å². The molecule has 0 amide bonds. The summed E-state index contributed by atoms with van der Waals surface area (Å²) in [5.74, 6) is -0.155. The van der Waals surface area contributed by atoms with Crippen LogP contribution in [0.5, 0.6) is 5.75 Å². The van der Waals surface area contributed by atoms with E-state index >= 15 is 0 Å². The van der Waals surface area contributed by atoms with Gasteiger partial charge >= 0.3 is 0 Å². The topological polar surface area (TPSA) is 19.9 Å². The molecule has 0 atom stereocenters. The van der Waals surface area contributed by atoms with Gasteiger partial charge in [-0.05, 0) is 12.1 Å². The molecule has 1 radical (unpaired) electrons. The number of hydrogen-bond acceptors (Lipinski definition) is 1. The Morgan fingerprint density at radius 2 is 2.22 bits per heavy atom. The van der Waals surface area contributed by atoms with Crippen LogP contribution in [0, 0.1) is 0 Å². The van der Waals surface area contributed by atoms with Crippen LogP contribution in [0.1, 0.15) is 0 Å². The lowest BCUT2D eigenvalue weighted by Crippen LogP contribution is -1.63. The van der Waals surface area contributed by atoms with Crippen LogP contribution in [0.4, 0.5) is 3.89 Å². The predicted octanol–water partition coefficient (Wildman–Crippen LogP) is 2.81. The molecule has 0 aliphatic heterocycles. The Morgan fingerprint density at radius 3 is 2.67 bits per heavy atom. The van der Waals surface area contributed by atoms with Crippen LogP contribution in [-0.2, 0) is 5.11 Å². The maximum Gasteiger partial charge on any atom is 0.179 e. The molecule has 0 heterocycles. The minimum atomic E-state index is -0.155. The highest BCUT2D eigenvalue weighted by Gasteiger charge is 1.93. The van der Waals surface area contributed by atoms with Gasteiger partial charge < -0.3 is 0 Å². The average molecular weight is 143 g/mol. The van der Waals surface area contributed by atoms with Crippen LogP contribution in [-0.4, -0.2) is 0 Å². The molecule has 0 unspecified atom stereocenters. The van der Waals surface area contributed by atoms with E-state index in [-0.39, 0.29) is 17.9 Å². The van der Waals surface area contributed by atoms with Gasteiger partial charge in [-0.25, -0.2) is 0 Å². The molecule has 0 bridgehead atoms. The van der Waals surface area contributed by atoms with E-state index in [9.17, 15) is 8.99 Å². The molecule has 1 aromatic carbocycles. The van der Waals surface area contributed by atoms with Crippen molar-refractivity contribution < 1.29 is 8.99 Å². The van der Waals surface area contributed by atoms with Crippen molar-refractivity contribution in [2.45, 2.75) is 4.90 Å². The largest absolute Gasteiger partial charge is 0.290 e. The Kier molecular flexibility index (Phi) is 1.95. The monoisotopic (exact) mass is 143 g/mol. The molecular formula is C6H4FOS. The Hall–Kier alpha value is -0.700. The first kappa shape index (κ1) is 6.42. The number of rotatable bonds is 1. The zero-order chi connectivity index (χ0) is 6.69. The van der Waals surface area contributed by atoms with Crippen molar-refractivity contribution in [2.24, 2.45) is 0 Å². The lowest BCUT2D eigenvalue weighted by atomic mass is 10.3. The normalized spacial score (nSPS) is 9.44. The van der Waals surface area contributed by atoms with Crippen molar-refractivity contribution in [2.75, 3.05) is 0 Å². The second kappa shape index (κ2) is 2.73. The van der Waals surface area contributed by atoms with Crippen molar-refractivity contribution in [1.29, 1.82) is 0 Å². The number of hydrogen-bond donors (Lipinski definition) is 0. The van der Waals surface area contributed by atoms with Crippen LogP contribution in [0.3, 0.4) is 0 Å². The third-order valence-electron chi connectivity index (χ3n) is 0.895. The first-order valence-corrected chi connectivity index (χ1v) is 3.10. The van der Waals surface area contributed by atoms with Crippen LogP contribution in [0.15, 0.2) is 29.2 Å². The van der Waals surface area contributed by atoms with E-state index in [0.29, 0.717) is 4.90 Å².